The van der Waals surface area contributed by atoms with Crippen molar-refractivity contribution in [2.75, 3.05) is 0 Å². The summed E-state index contributed by atoms with van der Waals surface area (Å²) in [5.74, 6) is -0.252. The Labute approximate surface area is 87.0 Å². The highest BCUT2D eigenvalue weighted by atomic mass is 19.1. The minimum atomic E-state index is -0.589. The summed E-state index contributed by atoms with van der Waals surface area (Å²) in [5, 5.41) is 0. The molecule has 0 N–H and O–H groups in total. The van der Waals surface area contributed by atoms with Crippen molar-refractivity contribution in [1.82, 2.24) is 0 Å². The van der Waals surface area contributed by atoms with Crippen molar-refractivity contribution in [3.05, 3.63) is 35.1 Å². The molecular formula is C12H11FO2. The predicted octanol–water partition coefficient (Wildman–Crippen LogP) is 2.16. The molecular weight excluding hydrogens is 195 g/mol. The molecule has 1 heterocycles. The Morgan fingerprint density at radius 1 is 1.47 bits per heavy atom. The lowest BCUT2D eigenvalue weighted by atomic mass is 9.89. The summed E-state index contributed by atoms with van der Waals surface area (Å²) in [4.78, 5) is 11.2. The second-order valence-corrected chi connectivity index (χ2v) is 4.49. The molecule has 2 aliphatic rings. The van der Waals surface area contributed by atoms with Gasteiger partial charge in [-0.2, -0.15) is 0 Å². The van der Waals surface area contributed by atoms with Gasteiger partial charge < -0.3 is 4.74 Å². The van der Waals surface area contributed by atoms with E-state index in [1.165, 1.54) is 12.1 Å². The zero-order chi connectivity index (χ0) is 10.6. The minimum absolute atomic E-state index is 0.169. The van der Waals surface area contributed by atoms with Gasteiger partial charge in [0.15, 0.2) is 0 Å². The highest BCUT2D eigenvalue weighted by Crippen LogP contribution is 2.49. The molecule has 0 spiro atoms. The van der Waals surface area contributed by atoms with Crippen LogP contribution in [-0.4, -0.2) is 5.97 Å². The third kappa shape index (κ3) is 1.06. The van der Waals surface area contributed by atoms with E-state index in [4.69, 9.17) is 4.74 Å². The lowest BCUT2D eigenvalue weighted by Crippen LogP contribution is -2.24. The summed E-state index contributed by atoms with van der Waals surface area (Å²) in [6.45, 7) is 1.88. The van der Waals surface area contributed by atoms with Gasteiger partial charge in [-0.3, -0.25) is 4.79 Å². The molecule has 0 bridgehead atoms. The molecule has 3 heteroatoms. The van der Waals surface area contributed by atoms with E-state index in [9.17, 15) is 9.18 Å². The van der Waals surface area contributed by atoms with E-state index >= 15 is 0 Å². The van der Waals surface area contributed by atoms with Gasteiger partial charge in [0.2, 0.25) is 0 Å². The van der Waals surface area contributed by atoms with Gasteiger partial charge in [-0.1, -0.05) is 6.07 Å². The SMILES string of the molecule is C[C@]12OC(=O)C[C@H]1Cc1ccc(F)cc12. The Hall–Kier alpha value is -1.38. The van der Waals surface area contributed by atoms with Gasteiger partial charge in [-0.05, 0) is 31.0 Å². The van der Waals surface area contributed by atoms with Gasteiger partial charge in [-0.25, -0.2) is 4.39 Å². The van der Waals surface area contributed by atoms with Gasteiger partial charge in [0.1, 0.15) is 11.4 Å². The number of hydrogen-bond acceptors (Lipinski definition) is 2. The maximum Gasteiger partial charge on any atom is 0.307 e. The zero-order valence-electron chi connectivity index (χ0n) is 8.42. The first-order valence-electron chi connectivity index (χ1n) is 5.10. The summed E-state index contributed by atoms with van der Waals surface area (Å²) < 4.78 is 18.5. The predicted molar refractivity (Wildman–Crippen MR) is 51.7 cm³/mol. The van der Waals surface area contributed by atoms with E-state index in [0.717, 1.165) is 17.5 Å². The Balaban J connectivity index is 2.16. The van der Waals surface area contributed by atoms with Crippen molar-refractivity contribution in [2.24, 2.45) is 5.92 Å². The number of benzene rings is 1. The monoisotopic (exact) mass is 206 g/mol. The number of fused-ring (bicyclic) bond motifs is 3. The number of carbonyl (C=O) groups excluding carboxylic acids is 1. The molecule has 2 atom stereocenters. The fourth-order valence-corrected chi connectivity index (χ4v) is 2.75. The van der Waals surface area contributed by atoms with E-state index in [2.05, 4.69) is 0 Å². The van der Waals surface area contributed by atoms with Gasteiger partial charge in [0.25, 0.3) is 0 Å². The number of rotatable bonds is 0. The van der Waals surface area contributed by atoms with Crippen molar-refractivity contribution in [2.45, 2.75) is 25.4 Å². The quantitative estimate of drug-likeness (QED) is 0.608. The van der Waals surface area contributed by atoms with Crippen molar-refractivity contribution in [3.63, 3.8) is 0 Å². The second-order valence-electron chi connectivity index (χ2n) is 4.49. The third-order valence-corrected chi connectivity index (χ3v) is 3.59. The van der Waals surface area contributed by atoms with Crippen LogP contribution in [0.4, 0.5) is 4.39 Å². The van der Waals surface area contributed by atoms with Gasteiger partial charge in [0.05, 0.1) is 6.42 Å². The Morgan fingerprint density at radius 2 is 2.27 bits per heavy atom. The molecule has 0 aromatic heterocycles. The zero-order valence-corrected chi connectivity index (χ0v) is 8.42. The molecule has 78 valence electrons. The molecule has 0 unspecified atom stereocenters. The van der Waals surface area contributed by atoms with Gasteiger partial charge >= 0.3 is 5.97 Å². The van der Waals surface area contributed by atoms with Crippen LogP contribution in [0.5, 0.6) is 0 Å². The summed E-state index contributed by atoms with van der Waals surface area (Å²) in [5.41, 5.74) is 1.36. The highest BCUT2D eigenvalue weighted by molar-refractivity contribution is 5.74. The van der Waals surface area contributed by atoms with Crippen LogP contribution >= 0.6 is 0 Å². The molecule has 0 amide bonds. The molecule has 1 fully saturated rings. The molecule has 1 saturated heterocycles. The summed E-state index contributed by atoms with van der Waals surface area (Å²) in [7, 11) is 0. The fourth-order valence-electron chi connectivity index (χ4n) is 2.75. The molecule has 0 saturated carbocycles. The number of halogens is 1. The molecule has 3 rings (SSSR count). The first kappa shape index (κ1) is 8.89. The average molecular weight is 206 g/mol. The van der Waals surface area contributed by atoms with Crippen molar-refractivity contribution in [1.29, 1.82) is 0 Å². The average Bonchev–Trinajstić information content (AvgIpc) is 2.57. The maximum atomic E-state index is 13.1. The number of hydrogen-bond donors (Lipinski definition) is 0. The molecule has 1 aliphatic heterocycles. The number of carbonyl (C=O) groups is 1. The van der Waals surface area contributed by atoms with Crippen molar-refractivity contribution < 1.29 is 13.9 Å². The highest BCUT2D eigenvalue weighted by Gasteiger charge is 2.52. The van der Waals surface area contributed by atoms with Crippen molar-refractivity contribution in [3.8, 4) is 0 Å². The lowest BCUT2D eigenvalue weighted by molar-refractivity contribution is -0.148. The molecule has 15 heavy (non-hydrogen) atoms. The molecule has 1 aromatic rings. The van der Waals surface area contributed by atoms with E-state index in [1.807, 2.05) is 6.92 Å². The number of ether oxygens (including phenoxy) is 1. The van der Waals surface area contributed by atoms with Crippen LogP contribution in [0, 0.1) is 11.7 Å². The molecule has 0 radical (unpaired) electrons. The Morgan fingerprint density at radius 3 is 3.07 bits per heavy atom. The molecule has 1 aliphatic carbocycles. The topological polar surface area (TPSA) is 26.3 Å². The van der Waals surface area contributed by atoms with Gasteiger partial charge in [0, 0.05) is 11.5 Å². The summed E-state index contributed by atoms with van der Waals surface area (Å²) in [6, 6.07) is 4.75. The van der Waals surface area contributed by atoms with E-state index < -0.39 is 5.60 Å². The molecule has 1 aromatic carbocycles. The van der Waals surface area contributed by atoms with Crippen LogP contribution in [0.25, 0.3) is 0 Å². The Bertz CT molecular complexity index is 455. The van der Waals surface area contributed by atoms with Crippen molar-refractivity contribution >= 4 is 5.97 Å². The first-order valence-corrected chi connectivity index (χ1v) is 5.10. The normalized spacial score (nSPS) is 32.4. The summed E-state index contributed by atoms with van der Waals surface area (Å²) >= 11 is 0. The van der Waals surface area contributed by atoms with E-state index in [1.54, 1.807) is 6.07 Å². The second kappa shape index (κ2) is 2.60. The largest absolute Gasteiger partial charge is 0.454 e. The smallest absolute Gasteiger partial charge is 0.307 e. The van der Waals surface area contributed by atoms with Crippen LogP contribution < -0.4 is 0 Å². The lowest BCUT2D eigenvalue weighted by Gasteiger charge is -2.23. The van der Waals surface area contributed by atoms with Crippen LogP contribution in [0.3, 0.4) is 0 Å². The van der Waals surface area contributed by atoms with Crippen LogP contribution in [0.1, 0.15) is 24.5 Å². The van der Waals surface area contributed by atoms with E-state index in [0.29, 0.717) is 6.42 Å². The van der Waals surface area contributed by atoms with Gasteiger partial charge in [-0.15, -0.1) is 0 Å². The van der Waals surface area contributed by atoms with E-state index in [-0.39, 0.29) is 17.7 Å². The Kier molecular flexibility index (Phi) is 1.54. The molecule has 2 nitrogen and oxygen atoms in total. The fraction of sp³-hybridized carbons (Fsp3) is 0.417. The number of esters is 1. The minimum Gasteiger partial charge on any atom is -0.454 e. The standard InChI is InChI=1S/C12H11FO2/c1-12-8(5-11(14)15-12)4-7-2-3-9(13)6-10(7)12/h2-3,6,8H,4-5H2,1H3/t8-,12+/m1/s1. The van der Waals surface area contributed by atoms with Crippen LogP contribution in [0.15, 0.2) is 18.2 Å². The van der Waals surface area contributed by atoms with Crippen LogP contribution in [-0.2, 0) is 21.6 Å². The maximum absolute atomic E-state index is 13.1. The first-order chi connectivity index (χ1) is 7.09. The van der Waals surface area contributed by atoms with Crippen LogP contribution in [0.2, 0.25) is 0 Å². The summed E-state index contributed by atoms with van der Waals surface area (Å²) in [6.07, 6.45) is 1.27. The third-order valence-electron chi connectivity index (χ3n) is 3.59.